The number of nitrogens with two attached hydrogens (primary N) is 8. The molecule has 0 radical (unpaired) electrons. The van der Waals surface area contributed by atoms with E-state index < -0.39 is 109 Å². The molecule has 0 saturated heterocycles. The number of nitrogens with one attached hydrogen (secondary N) is 10. The molecule has 0 bridgehead atoms. The summed E-state index contributed by atoms with van der Waals surface area (Å²) in [5, 5.41) is 48.2. The highest BCUT2D eigenvalue weighted by molar-refractivity contribution is 8.03. The number of rotatable bonds is 73. The Morgan fingerprint density at radius 1 is 0.264 bits per heavy atom. The third kappa shape index (κ3) is 54.6. The molecular weight excluding hydrogens is 1400 g/mol. The molecule has 0 heterocycles. The smallest absolute Gasteiger partial charge is 0.244 e. The van der Waals surface area contributed by atoms with Gasteiger partial charge in [0, 0.05) is 62.3 Å². The maximum absolute atomic E-state index is 14.0. The molecule has 106 heavy (non-hydrogen) atoms. The van der Waals surface area contributed by atoms with Crippen LogP contribution in [-0.2, 0) is 47.9 Å². The molecule has 32 heteroatoms. The van der Waals surface area contributed by atoms with Gasteiger partial charge >= 0.3 is 0 Å². The minimum Gasteiger partial charge on any atom is -0.394 e. The molecule has 10 atom stereocenters. The van der Waals surface area contributed by atoms with Crippen LogP contribution in [0.2, 0.25) is 0 Å². The zero-order valence-corrected chi connectivity index (χ0v) is 66.6. The van der Waals surface area contributed by atoms with E-state index in [0.717, 1.165) is 77.0 Å². The van der Waals surface area contributed by atoms with Crippen molar-refractivity contribution in [3.05, 3.63) is 0 Å². The van der Waals surface area contributed by atoms with Crippen molar-refractivity contribution in [3.63, 3.8) is 0 Å². The van der Waals surface area contributed by atoms with E-state index in [2.05, 4.69) is 67.0 Å². The maximum atomic E-state index is 14.0. The predicted octanol–water partition coefficient (Wildman–Crippen LogP) is 1.82. The summed E-state index contributed by atoms with van der Waals surface area (Å²) in [5.74, 6) is -4.30. The molecule has 0 saturated carbocycles. The van der Waals surface area contributed by atoms with E-state index in [4.69, 9.17) is 45.9 Å². The molecule has 0 aromatic rings. The number of carbonyl (C=O) groups is 10. The lowest BCUT2D eigenvalue weighted by atomic mass is 10.1. The lowest BCUT2D eigenvalue weighted by Gasteiger charge is -2.24. The lowest BCUT2D eigenvalue weighted by Crippen LogP contribution is -2.57. The normalized spacial score (nSPS) is 14.2. The molecule has 28 N–H and O–H groups in total. The monoisotopic (exact) mass is 1550 g/mol. The summed E-state index contributed by atoms with van der Waals surface area (Å²) in [5.41, 5.74) is 48.0. The van der Waals surface area contributed by atoms with Crippen LogP contribution in [0.25, 0.3) is 0 Å². The molecule has 0 fully saturated rings. The van der Waals surface area contributed by atoms with E-state index in [1.807, 2.05) is 0 Å². The third-order valence-corrected chi connectivity index (χ3v) is 20.8. The first-order chi connectivity index (χ1) is 51.1. The second kappa shape index (κ2) is 69.2. The minimum absolute atomic E-state index is 0.00157. The zero-order chi connectivity index (χ0) is 78.8. The van der Waals surface area contributed by atoms with Gasteiger partial charge in [0.05, 0.1) is 49.5 Å². The Morgan fingerprint density at radius 3 is 0.717 bits per heavy atom. The minimum atomic E-state index is -1.31. The quantitative estimate of drug-likeness (QED) is 0.0386. The number of thioether (sulfide) groups is 2. The molecule has 0 unspecified atom stereocenters. The Bertz CT molecular complexity index is 2180. The van der Waals surface area contributed by atoms with Crippen molar-refractivity contribution in [3.8, 4) is 0 Å². The first kappa shape index (κ1) is 101. The predicted molar refractivity (Wildman–Crippen MR) is 427 cm³/mol. The van der Waals surface area contributed by atoms with Crippen LogP contribution in [0.3, 0.4) is 0 Å². The molecule has 0 aliphatic carbocycles. The highest BCUT2D eigenvalue weighted by Crippen LogP contribution is 2.15. The van der Waals surface area contributed by atoms with Crippen molar-refractivity contribution < 1.29 is 58.2 Å². The van der Waals surface area contributed by atoms with Crippen LogP contribution in [-0.4, -0.2) is 218 Å². The molecule has 0 aliphatic heterocycles. The van der Waals surface area contributed by atoms with Crippen LogP contribution in [0.4, 0.5) is 0 Å². The van der Waals surface area contributed by atoms with Crippen molar-refractivity contribution in [2.45, 2.75) is 318 Å². The SMILES string of the molecule is CCCCCCCCCCCCNC(=O)[C@H](CO)NC(=O)[C@H](CSCCSC[C@H](NC(=O)[C@@H](N)CCCCNC(=O)[C@@H](N)CCCCNC(=O)[C@@H](N)CCCCN)C(=O)N[C@@H](CO)C(=O)NCCCCCCCCCCCC)NC(=O)[C@@H](N)CCCCNC(=O)[C@@H](N)CCCCNC(=O)[C@@H](N)CCCCN. The van der Waals surface area contributed by atoms with Gasteiger partial charge in [0.15, 0.2) is 0 Å². The average Bonchev–Trinajstić information content (AvgIpc) is 0.886. The summed E-state index contributed by atoms with van der Waals surface area (Å²) in [6.45, 7) is 6.14. The number of hydrogen-bond donors (Lipinski definition) is 20. The Kier molecular flexibility index (Phi) is 65.9. The number of amides is 10. The lowest BCUT2D eigenvalue weighted by molar-refractivity contribution is -0.132. The molecule has 30 nitrogen and oxygen atoms in total. The fraction of sp³-hybridized carbons (Fsp3) is 0.865. The van der Waals surface area contributed by atoms with Crippen molar-refractivity contribution in [1.29, 1.82) is 0 Å². The Labute approximate surface area is 643 Å². The van der Waals surface area contributed by atoms with Crippen molar-refractivity contribution in [1.82, 2.24) is 53.2 Å². The first-order valence-corrected chi connectivity index (χ1v) is 42.6. The molecular formula is C74H148N18O12S2. The van der Waals surface area contributed by atoms with E-state index >= 15 is 0 Å². The summed E-state index contributed by atoms with van der Waals surface area (Å²) >= 11 is 2.55. The average molecular weight is 1550 g/mol. The van der Waals surface area contributed by atoms with Crippen molar-refractivity contribution >= 4 is 82.6 Å². The highest BCUT2D eigenvalue weighted by atomic mass is 32.2. The van der Waals surface area contributed by atoms with Gasteiger partial charge in [-0.1, -0.05) is 142 Å². The Balaban J connectivity index is 5.94. The Morgan fingerprint density at radius 2 is 0.472 bits per heavy atom. The number of hydrogen-bond acceptors (Lipinski definition) is 22. The van der Waals surface area contributed by atoms with Gasteiger partial charge in [-0.2, -0.15) is 23.5 Å². The molecule has 0 spiro atoms. The van der Waals surface area contributed by atoms with E-state index in [9.17, 15) is 58.2 Å². The van der Waals surface area contributed by atoms with Crippen LogP contribution in [0.15, 0.2) is 0 Å². The summed E-state index contributed by atoms with van der Waals surface area (Å²) in [4.78, 5) is 132. The summed E-state index contributed by atoms with van der Waals surface area (Å²) in [7, 11) is 0. The molecule has 0 rings (SSSR count). The van der Waals surface area contributed by atoms with E-state index in [1.54, 1.807) is 0 Å². The van der Waals surface area contributed by atoms with E-state index in [0.29, 0.717) is 128 Å². The van der Waals surface area contributed by atoms with Crippen LogP contribution < -0.4 is 99.0 Å². The van der Waals surface area contributed by atoms with Crippen molar-refractivity contribution in [2.24, 2.45) is 45.9 Å². The standard InChI is InChI=1S/C74H148N18O12S2/c1-3-5-7-9-11-13-15-17-19-29-43-87-71(101)61(51-93)89-73(103)63(91-69(99)59(81)39-25-33-47-85-67(97)57(79)37-23-31-45-83-65(95)55(77)35-21-27-41-75)53-105-49-50-106-54-64(74(104)90-62(52-94)72(102)88-44-30-20-18-16-14-12-10-8-6-4-2)92-70(100)60(82)40-26-34-48-86-68(98)58(80)38-24-32-46-84-66(96)56(78)36-22-28-42-76/h55-64,93-94H,3-54,75-82H2,1-2H3,(H,83,95)(H,84,96)(H,85,97)(H,86,98)(H,87,101)(H,88,102)(H,89,103)(H,90,104)(H,91,99)(H,92,100)/t55-,56-,57-,58-,59-,60-,61-,62-,63-,64-/m0/s1. The third-order valence-electron chi connectivity index (χ3n) is 18.4. The van der Waals surface area contributed by atoms with E-state index in [1.165, 1.54) is 101 Å². The largest absolute Gasteiger partial charge is 0.394 e. The first-order valence-electron chi connectivity index (χ1n) is 40.3. The number of aliphatic hydroxyl groups is 2. The summed E-state index contributed by atoms with van der Waals surface area (Å²) in [6.07, 6.45) is 31.9. The highest BCUT2D eigenvalue weighted by Gasteiger charge is 2.31. The molecule has 0 aromatic carbocycles. The van der Waals surface area contributed by atoms with E-state index in [-0.39, 0.29) is 61.1 Å². The zero-order valence-electron chi connectivity index (χ0n) is 65.0. The molecule has 10 amide bonds. The van der Waals surface area contributed by atoms with Crippen molar-refractivity contribution in [2.75, 3.05) is 88.6 Å². The molecule has 0 aromatic heterocycles. The number of carbonyl (C=O) groups excluding carboxylic acids is 10. The van der Waals surface area contributed by atoms with Gasteiger partial charge in [0.25, 0.3) is 0 Å². The van der Waals surface area contributed by atoms with Crippen LogP contribution in [0.1, 0.15) is 258 Å². The van der Waals surface area contributed by atoms with Crippen LogP contribution in [0, 0.1) is 0 Å². The van der Waals surface area contributed by atoms with Gasteiger partial charge in [-0.05, 0) is 129 Å². The Hall–Kier alpha value is -5.00. The molecule has 0 aliphatic rings. The van der Waals surface area contributed by atoms with Gasteiger partial charge in [-0.3, -0.25) is 47.9 Å². The second-order valence-electron chi connectivity index (χ2n) is 28.1. The summed E-state index contributed by atoms with van der Waals surface area (Å²) in [6, 6.07) is -9.90. The topological polar surface area (TPSA) is 540 Å². The second-order valence-corrected chi connectivity index (χ2v) is 30.4. The number of unbranched alkanes of at least 4 members (excludes halogenated alkanes) is 24. The van der Waals surface area contributed by atoms with Gasteiger partial charge in [0.2, 0.25) is 59.1 Å². The fourth-order valence-corrected chi connectivity index (χ4v) is 13.6. The van der Waals surface area contributed by atoms with Gasteiger partial charge in [-0.25, -0.2) is 0 Å². The maximum Gasteiger partial charge on any atom is 0.244 e. The summed E-state index contributed by atoms with van der Waals surface area (Å²) < 4.78 is 0. The molecule has 618 valence electrons. The van der Waals surface area contributed by atoms with Crippen LogP contribution in [0.5, 0.6) is 0 Å². The number of aliphatic hydroxyl groups excluding tert-OH is 2. The van der Waals surface area contributed by atoms with Crippen LogP contribution >= 0.6 is 23.5 Å². The van der Waals surface area contributed by atoms with Gasteiger partial charge in [-0.15, -0.1) is 0 Å². The van der Waals surface area contributed by atoms with Gasteiger partial charge in [0.1, 0.15) is 24.2 Å². The fourth-order valence-electron chi connectivity index (χ4n) is 11.4. The van der Waals surface area contributed by atoms with Gasteiger partial charge < -0.3 is 109 Å².